The van der Waals surface area contributed by atoms with Crippen LogP contribution in [0.4, 0.5) is 0 Å². The van der Waals surface area contributed by atoms with Gasteiger partial charge in [-0.2, -0.15) is 0 Å². The number of terminal acetylenes is 1. The quantitative estimate of drug-likeness (QED) is 0.503. The molecule has 1 fully saturated rings. The molecule has 0 spiro atoms. The Morgan fingerprint density at radius 2 is 2.07 bits per heavy atom. The van der Waals surface area contributed by atoms with Crippen LogP contribution in [0.3, 0.4) is 0 Å². The van der Waals surface area contributed by atoms with Crippen LogP contribution in [0.1, 0.15) is 19.8 Å². The van der Waals surface area contributed by atoms with E-state index in [1.54, 1.807) is 7.11 Å². The summed E-state index contributed by atoms with van der Waals surface area (Å²) in [4.78, 5) is 2.38. The lowest BCUT2D eigenvalue weighted by atomic mass is 9.92. The van der Waals surface area contributed by atoms with E-state index >= 15 is 0 Å². The summed E-state index contributed by atoms with van der Waals surface area (Å²) in [6.07, 6.45) is 7.34. The Balaban J connectivity index is 2.26. The molecule has 3 nitrogen and oxygen atoms in total. The molecule has 0 unspecified atom stereocenters. The second-order valence-corrected chi connectivity index (χ2v) is 3.88. The van der Waals surface area contributed by atoms with Crippen LogP contribution in [0, 0.1) is 12.3 Å². The highest BCUT2D eigenvalue weighted by molar-refractivity contribution is 5.10. The van der Waals surface area contributed by atoms with Gasteiger partial charge in [0.05, 0.1) is 6.61 Å². The number of piperidine rings is 1. The Kier molecular flexibility index (Phi) is 5.10. The SMILES string of the molecule is C#CC1(OC)CCN(CCOCC)CC1. The van der Waals surface area contributed by atoms with Crippen molar-refractivity contribution in [3.8, 4) is 12.3 Å². The number of hydrogen-bond acceptors (Lipinski definition) is 3. The van der Waals surface area contributed by atoms with E-state index in [4.69, 9.17) is 15.9 Å². The molecule has 0 aliphatic carbocycles. The zero-order chi connectivity index (χ0) is 11.1. The van der Waals surface area contributed by atoms with Crippen molar-refractivity contribution < 1.29 is 9.47 Å². The number of methoxy groups -OCH3 is 1. The van der Waals surface area contributed by atoms with Crippen LogP contribution in [0.5, 0.6) is 0 Å². The molecule has 0 aromatic carbocycles. The van der Waals surface area contributed by atoms with Gasteiger partial charge in [-0.05, 0) is 6.92 Å². The summed E-state index contributed by atoms with van der Waals surface area (Å²) in [5.74, 6) is 2.77. The molecule has 0 atom stereocenters. The van der Waals surface area contributed by atoms with Crippen LogP contribution < -0.4 is 0 Å². The smallest absolute Gasteiger partial charge is 0.130 e. The highest BCUT2D eigenvalue weighted by Crippen LogP contribution is 2.24. The summed E-state index contributed by atoms with van der Waals surface area (Å²) in [7, 11) is 1.70. The minimum atomic E-state index is -0.317. The number of likely N-dealkylation sites (tertiary alicyclic amines) is 1. The van der Waals surface area contributed by atoms with Gasteiger partial charge < -0.3 is 14.4 Å². The average molecular weight is 211 g/mol. The molecule has 0 aromatic heterocycles. The van der Waals surface area contributed by atoms with Gasteiger partial charge in [0, 0.05) is 46.2 Å². The largest absolute Gasteiger partial charge is 0.380 e. The van der Waals surface area contributed by atoms with Gasteiger partial charge in [-0.15, -0.1) is 6.42 Å². The molecule has 0 amide bonds. The molecule has 1 aliphatic rings. The first-order valence-electron chi connectivity index (χ1n) is 5.59. The normalized spacial score (nSPS) is 21.1. The summed E-state index contributed by atoms with van der Waals surface area (Å²) in [6.45, 7) is 6.63. The molecule has 3 heteroatoms. The maximum Gasteiger partial charge on any atom is 0.130 e. The summed E-state index contributed by atoms with van der Waals surface area (Å²) in [6, 6.07) is 0. The fourth-order valence-electron chi connectivity index (χ4n) is 1.88. The van der Waals surface area contributed by atoms with Crippen LogP contribution in [-0.2, 0) is 9.47 Å². The number of nitrogens with zero attached hydrogens (tertiary/aromatic N) is 1. The number of rotatable bonds is 5. The molecule has 1 rings (SSSR count). The fourth-order valence-corrected chi connectivity index (χ4v) is 1.88. The van der Waals surface area contributed by atoms with Gasteiger partial charge >= 0.3 is 0 Å². The van der Waals surface area contributed by atoms with E-state index in [0.29, 0.717) is 0 Å². The van der Waals surface area contributed by atoms with E-state index in [1.807, 2.05) is 6.92 Å². The summed E-state index contributed by atoms with van der Waals surface area (Å²) >= 11 is 0. The van der Waals surface area contributed by atoms with Gasteiger partial charge in [-0.1, -0.05) is 5.92 Å². The zero-order valence-electron chi connectivity index (χ0n) is 9.79. The standard InChI is InChI=1S/C12H21NO2/c1-4-12(14-3)6-8-13(9-7-12)10-11-15-5-2/h1H,5-11H2,2-3H3. The van der Waals surface area contributed by atoms with Crippen molar-refractivity contribution in [3.05, 3.63) is 0 Å². The molecule has 0 saturated carbocycles. The van der Waals surface area contributed by atoms with Gasteiger partial charge in [0.15, 0.2) is 0 Å². The first-order valence-corrected chi connectivity index (χ1v) is 5.59. The molecule has 1 saturated heterocycles. The van der Waals surface area contributed by atoms with Crippen LogP contribution >= 0.6 is 0 Å². The average Bonchev–Trinajstić information content (AvgIpc) is 2.31. The summed E-state index contributed by atoms with van der Waals surface area (Å²) in [5.41, 5.74) is -0.317. The van der Waals surface area contributed by atoms with Gasteiger partial charge in [0.1, 0.15) is 5.60 Å². The highest BCUT2D eigenvalue weighted by Gasteiger charge is 2.32. The van der Waals surface area contributed by atoms with Gasteiger partial charge in [-0.25, -0.2) is 0 Å². The molecule has 0 bridgehead atoms. The predicted molar refractivity (Wildman–Crippen MR) is 60.7 cm³/mol. The second-order valence-electron chi connectivity index (χ2n) is 3.88. The Hall–Kier alpha value is -0.560. The third-order valence-corrected chi connectivity index (χ3v) is 3.07. The lowest BCUT2D eigenvalue weighted by molar-refractivity contribution is -0.0174. The molecule has 0 aromatic rings. The van der Waals surface area contributed by atoms with Crippen molar-refractivity contribution in [2.45, 2.75) is 25.4 Å². The molecule has 86 valence electrons. The minimum absolute atomic E-state index is 0.317. The van der Waals surface area contributed by atoms with E-state index in [9.17, 15) is 0 Å². The lowest BCUT2D eigenvalue weighted by Crippen LogP contribution is -2.45. The Bertz CT molecular complexity index is 214. The van der Waals surface area contributed by atoms with Gasteiger partial charge in [0.25, 0.3) is 0 Å². The topological polar surface area (TPSA) is 21.7 Å². The Morgan fingerprint density at radius 1 is 1.40 bits per heavy atom. The molecular formula is C12H21NO2. The van der Waals surface area contributed by atoms with E-state index in [0.717, 1.165) is 45.7 Å². The number of ether oxygens (including phenoxy) is 2. The van der Waals surface area contributed by atoms with Crippen molar-refractivity contribution in [1.29, 1.82) is 0 Å². The van der Waals surface area contributed by atoms with Crippen LogP contribution in [0.2, 0.25) is 0 Å². The second kappa shape index (κ2) is 6.12. The third-order valence-electron chi connectivity index (χ3n) is 3.07. The van der Waals surface area contributed by atoms with Gasteiger partial charge in [-0.3, -0.25) is 0 Å². The zero-order valence-corrected chi connectivity index (χ0v) is 9.79. The van der Waals surface area contributed by atoms with Crippen molar-refractivity contribution >= 4 is 0 Å². The van der Waals surface area contributed by atoms with Crippen molar-refractivity contribution in [3.63, 3.8) is 0 Å². The summed E-state index contributed by atoms with van der Waals surface area (Å²) < 4.78 is 10.7. The van der Waals surface area contributed by atoms with Crippen LogP contribution in [0.15, 0.2) is 0 Å². The predicted octanol–water partition coefficient (Wildman–Crippen LogP) is 1.14. The molecule has 1 heterocycles. The highest BCUT2D eigenvalue weighted by atomic mass is 16.5. The molecule has 0 radical (unpaired) electrons. The van der Waals surface area contributed by atoms with E-state index in [-0.39, 0.29) is 5.60 Å². The summed E-state index contributed by atoms with van der Waals surface area (Å²) in [5, 5.41) is 0. The molecule has 1 aliphatic heterocycles. The maximum absolute atomic E-state index is 5.50. The third kappa shape index (κ3) is 3.49. The van der Waals surface area contributed by atoms with Crippen molar-refractivity contribution in [1.82, 2.24) is 4.90 Å². The van der Waals surface area contributed by atoms with Crippen molar-refractivity contribution in [2.75, 3.05) is 40.0 Å². The molecule has 15 heavy (non-hydrogen) atoms. The first-order chi connectivity index (χ1) is 7.26. The first kappa shape index (κ1) is 12.5. The number of hydrogen-bond donors (Lipinski definition) is 0. The van der Waals surface area contributed by atoms with E-state index in [1.165, 1.54) is 0 Å². The lowest BCUT2D eigenvalue weighted by Gasteiger charge is -2.37. The molecule has 0 N–H and O–H groups in total. The maximum atomic E-state index is 5.50. The minimum Gasteiger partial charge on any atom is -0.380 e. The Morgan fingerprint density at radius 3 is 2.53 bits per heavy atom. The Labute approximate surface area is 92.7 Å². The van der Waals surface area contributed by atoms with E-state index < -0.39 is 0 Å². The van der Waals surface area contributed by atoms with Crippen LogP contribution in [0.25, 0.3) is 0 Å². The molecular weight excluding hydrogens is 190 g/mol. The monoisotopic (exact) mass is 211 g/mol. The van der Waals surface area contributed by atoms with Crippen LogP contribution in [-0.4, -0.2) is 50.5 Å². The van der Waals surface area contributed by atoms with Crippen molar-refractivity contribution in [2.24, 2.45) is 0 Å². The van der Waals surface area contributed by atoms with E-state index in [2.05, 4.69) is 10.8 Å². The van der Waals surface area contributed by atoms with Gasteiger partial charge in [0.2, 0.25) is 0 Å². The fraction of sp³-hybridized carbons (Fsp3) is 0.833.